The van der Waals surface area contributed by atoms with Crippen molar-refractivity contribution in [2.75, 3.05) is 45.3 Å². The van der Waals surface area contributed by atoms with Crippen molar-refractivity contribution >= 4 is 32.6 Å². The molecule has 180 valence electrons. The van der Waals surface area contributed by atoms with Crippen molar-refractivity contribution in [3.05, 3.63) is 12.1 Å². The lowest BCUT2D eigenvalue weighted by Gasteiger charge is -2.56. The number of amides is 1. The number of ether oxygens (including phenoxy) is 2. The Hall–Kier alpha value is -1.86. The fraction of sp³-hybridized carbons (Fsp3) is 0.692. The smallest absolute Gasteiger partial charge is 0.235 e. The topological polar surface area (TPSA) is 54.9 Å². The van der Waals surface area contributed by atoms with E-state index in [0.717, 1.165) is 83.5 Å². The molecule has 4 bridgehead atoms. The van der Waals surface area contributed by atoms with Crippen LogP contribution in [-0.4, -0.2) is 56.2 Å². The lowest BCUT2D eigenvalue weighted by atomic mass is 9.49. The van der Waals surface area contributed by atoms with Crippen LogP contribution in [0.1, 0.15) is 52.4 Å². The monoisotopic (exact) mass is 471 g/mol. The second-order valence-electron chi connectivity index (χ2n) is 10.3. The first-order chi connectivity index (χ1) is 16.0. The van der Waals surface area contributed by atoms with Crippen LogP contribution in [0.3, 0.4) is 0 Å². The van der Waals surface area contributed by atoms with Crippen molar-refractivity contribution in [1.29, 1.82) is 0 Å². The standard InChI is InChI=1S/C26H37N3O3S/c1-5-28(6-2)9-10-29(24(30)26-14-17-11-18(15-26)13-19(12-17)16-26)25-27-22-20(31-3)7-8-21(32-4)23(22)33-25/h7-8,17-19H,5-6,9-16H2,1-4H3. The van der Waals surface area contributed by atoms with Crippen molar-refractivity contribution in [3.8, 4) is 11.5 Å². The van der Waals surface area contributed by atoms with E-state index in [4.69, 9.17) is 14.5 Å². The van der Waals surface area contributed by atoms with Crippen molar-refractivity contribution in [1.82, 2.24) is 9.88 Å². The third-order valence-corrected chi connectivity index (χ3v) is 9.49. The van der Waals surface area contributed by atoms with Gasteiger partial charge in [0.15, 0.2) is 5.13 Å². The molecule has 0 radical (unpaired) electrons. The summed E-state index contributed by atoms with van der Waals surface area (Å²) in [7, 11) is 3.35. The molecule has 0 N–H and O–H groups in total. The maximum atomic E-state index is 14.4. The van der Waals surface area contributed by atoms with E-state index >= 15 is 0 Å². The van der Waals surface area contributed by atoms with E-state index in [9.17, 15) is 4.79 Å². The number of likely N-dealkylation sites (N-methyl/N-ethyl adjacent to an activating group) is 1. The number of rotatable bonds is 9. The van der Waals surface area contributed by atoms with E-state index in [-0.39, 0.29) is 5.41 Å². The van der Waals surface area contributed by atoms with Crippen LogP contribution in [0.2, 0.25) is 0 Å². The summed E-state index contributed by atoms with van der Waals surface area (Å²) in [6.45, 7) is 7.86. The first-order valence-corrected chi connectivity index (χ1v) is 13.4. The summed E-state index contributed by atoms with van der Waals surface area (Å²) >= 11 is 1.56. The molecule has 6 nitrogen and oxygen atoms in total. The van der Waals surface area contributed by atoms with Gasteiger partial charge in [-0.05, 0) is 81.5 Å². The van der Waals surface area contributed by atoms with Crippen LogP contribution < -0.4 is 14.4 Å². The maximum Gasteiger partial charge on any atom is 0.235 e. The number of nitrogens with zero attached hydrogens (tertiary/aromatic N) is 3. The van der Waals surface area contributed by atoms with E-state index in [2.05, 4.69) is 18.7 Å². The molecule has 0 saturated heterocycles. The van der Waals surface area contributed by atoms with Crippen LogP contribution in [0.25, 0.3) is 10.2 Å². The van der Waals surface area contributed by atoms with Gasteiger partial charge in [0.2, 0.25) is 5.91 Å². The highest BCUT2D eigenvalue weighted by Crippen LogP contribution is 2.61. The first-order valence-electron chi connectivity index (χ1n) is 12.6. The lowest BCUT2D eigenvalue weighted by molar-refractivity contribution is -0.143. The molecule has 7 heteroatoms. The fourth-order valence-electron chi connectivity index (χ4n) is 7.11. The van der Waals surface area contributed by atoms with Crippen molar-refractivity contribution in [3.63, 3.8) is 0 Å². The molecule has 1 amide bonds. The Kier molecular flexibility index (Phi) is 6.29. The van der Waals surface area contributed by atoms with Gasteiger partial charge in [-0.1, -0.05) is 25.2 Å². The molecular formula is C26H37N3O3S. The van der Waals surface area contributed by atoms with Crippen LogP contribution in [0.5, 0.6) is 11.5 Å². The molecule has 4 saturated carbocycles. The highest BCUT2D eigenvalue weighted by molar-refractivity contribution is 7.22. The summed E-state index contributed by atoms with van der Waals surface area (Å²) < 4.78 is 12.2. The SMILES string of the molecule is CCN(CC)CCN(C(=O)C12CC3CC(CC(C3)C1)C2)c1nc2c(OC)ccc(OC)c2s1. The average Bonchev–Trinajstić information content (AvgIpc) is 3.25. The van der Waals surface area contributed by atoms with Crippen molar-refractivity contribution in [2.45, 2.75) is 52.4 Å². The Balaban J connectivity index is 1.53. The van der Waals surface area contributed by atoms with Crippen molar-refractivity contribution < 1.29 is 14.3 Å². The summed E-state index contributed by atoms with van der Waals surface area (Å²) in [6.07, 6.45) is 7.20. The van der Waals surface area contributed by atoms with Crippen LogP contribution in [-0.2, 0) is 4.79 Å². The molecule has 4 fully saturated rings. The molecule has 0 spiro atoms. The van der Waals surface area contributed by atoms with E-state index in [0.29, 0.717) is 12.5 Å². The number of fused-ring (bicyclic) bond motifs is 1. The second-order valence-corrected chi connectivity index (χ2v) is 11.3. The van der Waals surface area contributed by atoms with E-state index in [1.54, 1.807) is 25.6 Å². The first kappa shape index (κ1) is 22.9. The molecule has 4 aliphatic carbocycles. The second kappa shape index (κ2) is 9.06. The number of carbonyl (C=O) groups excluding carboxylic acids is 1. The van der Waals surface area contributed by atoms with Gasteiger partial charge in [-0.25, -0.2) is 4.98 Å². The van der Waals surface area contributed by atoms with Gasteiger partial charge in [0.1, 0.15) is 21.7 Å². The van der Waals surface area contributed by atoms with Gasteiger partial charge in [-0.3, -0.25) is 9.69 Å². The van der Waals surface area contributed by atoms with Gasteiger partial charge in [0.25, 0.3) is 0 Å². The highest BCUT2D eigenvalue weighted by atomic mass is 32.1. The Bertz CT molecular complexity index is 939. The number of hydrogen-bond donors (Lipinski definition) is 0. The molecule has 6 rings (SSSR count). The van der Waals surface area contributed by atoms with Crippen LogP contribution in [0, 0.1) is 23.2 Å². The molecule has 1 heterocycles. The number of aromatic nitrogens is 1. The maximum absolute atomic E-state index is 14.4. The zero-order chi connectivity index (χ0) is 23.2. The lowest BCUT2D eigenvalue weighted by Crippen LogP contribution is -2.55. The fourth-order valence-corrected chi connectivity index (χ4v) is 8.21. The van der Waals surface area contributed by atoms with Gasteiger partial charge >= 0.3 is 0 Å². The van der Waals surface area contributed by atoms with E-state index in [1.165, 1.54) is 19.3 Å². The van der Waals surface area contributed by atoms with E-state index in [1.807, 2.05) is 17.0 Å². The van der Waals surface area contributed by atoms with Gasteiger partial charge < -0.3 is 14.4 Å². The zero-order valence-electron chi connectivity index (χ0n) is 20.4. The Labute approximate surface area is 201 Å². The molecule has 2 aromatic rings. The zero-order valence-corrected chi connectivity index (χ0v) is 21.2. The third kappa shape index (κ3) is 4.01. The van der Waals surface area contributed by atoms with Gasteiger partial charge in [-0.15, -0.1) is 0 Å². The number of methoxy groups -OCH3 is 2. The molecule has 1 aromatic heterocycles. The van der Waals surface area contributed by atoms with Gasteiger partial charge in [0.05, 0.1) is 19.6 Å². The number of anilines is 1. The van der Waals surface area contributed by atoms with Gasteiger partial charge in [-0.2, -0.15) is 0 Å². The predicted molar refractivity (Wildman–Crippen MR) is 133 cm³/mol. The minimum atomic E-state index is -0.190. The van der Waals surface area contributed by atoms with Crippen molar-refractivity contribution in [2.24, 2.45) is 23.2 Å². The molecule has 0 aliphatic heterocycles. The summed E-state index contributed by atoms with van der Waals surface area (Å²) in [5.74, 6) is 4.02. The van der Waals surface area contributed by atoms with Crippen LogP contribution in [0.4, 0.5) is 5.13 Å². The van der Waals surface area contributed by atoms with Gasteiger partial charge in [0, 0.05) is 13.1 Å². The Morgan fingerprint density at radius 2 is 1.58 bits per heavy atom. The molecule has 1 aromatic carbocycles. The summed E-state index contributed by atoms with van der Waals surface area (Å²) in [6, 6.07) is 3.82. The molecule has 33 heavy (non-hydrogen) atoms. The number of thiazole rings is 1. The quantitative estimate of drug-likeness (QED) is 0.503. The average molecular weight is 472 g/mol. The molecule has 0 unspecified atom stereocenters. The molecule has 4 aliphatic rings. The third-order valence-electron chi connectivity index (χ3n) is 8.40. The number of carbonyl (C=O) groups is 1. The Morgan fingerprint density at radius 3 is 2.12 bits per heavy atom. The summed E-state index contributed by atoms with van der Waals surface area (Å²) in [5, 5.41) is 0.778. The van der Waals surface area contributed by atoms with E-state index < -0.39 is 0 Å². The van der Waals surface area contributed by atoms with Crippen LogP contribution in [0.15, 0.2) is 12.1 Å². The normalized spacial score (nSPS) is 28.0. The summed E-state index contributed by atoms with van der Waals surface area (Å²) in [5.41, 5.74) is 0.590. The Morgan fingerprint density at radius 1 is 1.00 bits per heavy atom. The number of benzene rings is 1. The minimum Gasteiger partial charge on any atom is -0.495 e. The minimum absolute atomic E-state index is 0.190. The molecular weight excluding hydrogens is 434 g/mol. The molecule has 0 atom stereocenters. The summed E-state index contributed by atoms with van der Waals surface area (Å²) in [4.78, 5) is 23.8. The largest absolute Gasteiger partial charge is 0.495 e. The predicted octanol–water partition coefficient (Wildman–Crippen LogP) is 5.20. The highest BCUT2D eigenvalue weighted by Gasteiger charge is 2.56. The number of hydrogen-bond acceptors (Lipinski definition) is 6. The van der Waals surface area contributed by atoms with Crippen LogP contribution >= 0.6 is 11.3 Å².